The Labute approximate surface area is 166 Å². The van der Waals surface area contributed by atoms with Crippen molar-refractivity contribution < 1.29 is 4.74 Å². The van der Waals surface area contributed by atoms with Gasteiger partial charge in [-0.05, 0) is 29.1 Å². The van der Waals surface area contributed by atoms with E-state index in [9.17, 15) is 0 Å². The minimum absolute atomic E-state index is 0.823. The summed E-state index contributed by atoms with van der Waals surface area (Å²) in [7, 11) is 3.44. The maximum Gasteiger partial charge on any atom is 0.133 e. The zero-order chi connectivity index (χ0) is 19.6. The van der Waals surface area contributed by atoms with Crippen molar-refractivity contribution in [1.29, 1.82) is 0 Å². The Bertz CT molecular complexity index is 1010. The van der Waals surface area contributed by atoms with Gasteiger partial charge in [0, 0.05) is 23.8 Å². The van der Waals surface area contributed by atoms with Crippen molar-refractivity contribution in [3.8, 4) is 0 Å². The van der Waals surface area contributed by atoms with Crippen LogP contribution in [0, 0.1) is 0 Å². The van der Waals surface area contributed by atoms with E-state index in [0.717, 1.165) is 33.6 Å². The van der Waals surface area contributed by atoms with E-state index in [1.165, 1.54) is 0 Å². The number of rotatable bonds is 6. The molecule has 2 nitrogen and oxygen atoms in total. The molecule has 0 atom stereocenters. The zero-order valence-electron chi connectivity index (χ0n) is 16.2. The quantitative estimate of drug-likeness (QED) is 0.222. The van der Waals surface area contributed by atoms with Crippen LogP contribution in [0.2, 0.25) is 0 Å². The van der Waals surface area contributed by atoms with E-state index in [1.807, 2.05) is 60.7 Å². The average Bonchev–Trinajstić information content (AvgIpc) is 2.77. The Balaban J connectivity index is 2.14. The molecule has 0 amide bonds. The molecule has 0 fully saturated rings. The van der Waals surface area contributed by atoms with E-state index in [-0.39, 0.29) is 0 Å². The standard InChI is InChI=1S/C26H23NO/c1-27-20-24(21-12-6-3-7-13-21)18-19-25(22-14-8-4-9-15-22)26(28-2)23-16-10-5-11-17-23/h3-19H,1-2H3/b19-18-,26-25-. The van der Waals surface area contributed by atoms with Gasteiger partial charge in [0.25, 0.3) is 0 Å². The number of hydrogen-bond donors (Lipinski definition) is 0. The minimum Gasteiger partial charge on any atom is -0.495 e. The Morgan fingerprint density at radius 1 is 0.714 bits per heavy atom. The maximum atomic E-state index is 5.83. The fourth-order valence-corrected chi connectivity index (χ4v) is 3.00. The first-order valence-electron chi connectivity index (χ1n) is 9.18. The number of methoxy groups -OCH3 is 1. The Hall–Kier alpha value is -3.61. The first-order chi connectivity index (χ1) is 13.8. The van der Waals surface area contributed by atoms with E-state index < -0.39 is 0 Å². The third-order valence-corrected chi connectivity index (χ3v) is 4.30. The molecule has 0 aliphatic carbocycles. The van der Waals surface area contributed by atoms with Gasteiger partial charge in [-0.1, -0.05) is 91.0 Å². The van der Waals surface area contributed by atoms with Gasteiger partial charge >= 0.3 is 0 Å². The highest BCUT2D eigenvalue weighted by atomic mass is 16.5. The lowest BCUT2D eigenvalue weighted by Crippen LogP contribution is -1.93. The number of aliphatic imine (C=N–C) groups is 1. The zero-order valence-corrected chi connectivity index (χ0v) is 16.2. The summed E-state index contributed by atoms with van der Waals surface area (Å²) in [5, 5.41) is 0. The van der Waals surface area contributed by atoms with Crippen LogP contribution in [0.15, 0.2) is 108 Å². The van der Waals surface area contributed by atoms with Crippen LogP contribution >= 0.6 is 0 Å². The number of hydrogen-bond acceptors (Lipinski definition) is 2. The first kappa shape index (κ1) is 19.2. The summed E-state index contributed by atoms with van der Waals surface area (Å²) in [5.41, 5.74) is 5.10. The van der Waals surface area contributed by atoms with Gasteiger partial charge in [-0.2, -0.15) is 0 Å². The number of allylic oxidation sites excluding steroid dienone is 4. The lowest BCUT2D eigenvalue weighted by Gasteiger charge is -2.13. The molecule has 0 unspecified atom stereocenters. The highest BCUT2D eigenvalue weighted by Gasteiger charge is 2.10. The second-order valence-corrected chi connectivity index (χ2v) is 6.13. The molecule has 0 aliphatic rings. The van der Waals surface area contributed by atoms with Gasteiger partial charge in [-0.25, -0.2) is 4.99 Å². The van der Waals surface area contributed by atoms with E-state index in [4.69, 9.17) is 4.74 Å². The van der Waals surface area contributed by atoms with Crippen molar-refractivity contribution in [2.75, 3.05) is 14.2 Å². The molecular weight excluding hydrogens is 342 g/mol. The Morgan fingerprint density at radius 2 is 1.21 bits per heavy atom. The maximum absolute atomic E-state index is 5.83. The molecular formula is C26H23NO. The molecule has 28 heavy (non-hydrogen) atoms. The van der Waals surface area contributed by atoms with Crippen molar-refractivity contribution in [1.82, 2.24) is 0 Å². The normalized spacial score (nSPS) is 11.5. The van der Waals surface area contributed by atoms with Crippen LogP contribution < -0.4 is 0 Å². The van der Waals surface area contributed by atoms with Crippen molar-refractivity contribution in [2.45, 2.75) is 0 Å². The highest BCUT2D eigenvalue weighted by Crippen LogP contribution is 2.29. The Kier molecular flexibility index (Phi) is 6.78. The van der Waals surface area contributed by atoms with Crippen LogP contribution in [-0.2, 0) is 4.74 Å². The predicted molar refractivity (Wildman–Crippen MR) is 119 cm³/mol. The average molecular weight is 365 g/mol. The fourth-order valence-electron chi connectivity index (χ4n) is 3.00. The van der Waals surface area contributed by atoms with Gasteiger partial charge in [0.15, 0.2) is 0 Å². The third kappa shape index (κ3) is 4.76. The van der Waals surface area contributed by atoms with Crippen molar-refractivity contribution in [3.05, 3.63) is 120 Å². The largest absolute Gasteiger partial charge is 0.495 e. The van der Waals surface area contributed by atoms with Crippen LogP contribution in [0.3, 0.4) is 0 Å². The first-order valence-corrected chi connectivity index (χ1v) is 9.18. The SMILES string of the molecule is CN=C=C(/C=C\C(=C(\OC)c1ccccc1)c1ccccc1)c1ccccc1. The lowest BCUT2D eigenvalue weighted by atomic mass is 9.98. The van der Waals surface area contributed by atoms with Gasteiger partial charge < -0.3 is 4.74 Å². The molecule has 0 heterocycles. The summed E-state index contributed by atoms with van der Waals surface area (Å²) >= 11 is 0. The van der Waals surface area contributed by atoms with Crippen molar-refractivity contribution in [3.63, 3.8) is 0 Å². The summed E-state index contributed by atoms with van der Waals surface area (Å²) < 4.78 is 5.83. The van der Waals surface area contributed by atoms with Gasteiger partial charge in [-0.15, -0.1) is 0 Å². The molecule has 0 saturated carbocycles. The van der Waals surface area contributed by atoms with Crippen molar-refractivity contribution in [2.24, 2.45) is 4.99 Å². The molecule has 3 aromatic carbocycles. The number of ether oxygens (including phenoxy) is 1. The van der Waals surface area contributed by atoms with E-state index in [2.05, 4.69) is 53.3 Å². The smallest absolute Gasteiger partial charge is 0.133 e. The molecule has 2 heteroatoms. The van der Waals surface area contributed by atoms with Crippen LogP contribution in [-0.4, -0.2) is 20.0 Å². The molecule has 0 N–H and O–H groups in total. The Morgan fingerprint density at radius 3 is 1.71 bits per heavy atom. The second kappa shape index (κ2) is 9.91. The summed E-state index contributed by atoms with van der Waals surface area (Å²) in [6.07, 6.45) is 4.11. The van der Waals surface area contributed by atoms with E-state index >= 15 is 0 Å². The number of benzene rings is 3. The molecule has 138 valence electrons. The third-order valence-electron chi connectivity index (χ3n) is 4.30. The van der Waals surface area contributed by atoms with Gasteiger partial charge in [0.1, 0.15) is 5.76 Å². The predicted octanol–water partition coefficient (Wildman–Crippen LogP) is 6.14. The molecule has 0 bridgehead atoms. The fraction of sp³-hybridized carbons (Fsp3) is 0.0769. The van der Waals surface area contributed by atoms with Crippen molar-refractivity contribution >= 4 is 22.8 Å². The second-order valence-electron chi connectivity index (χ2n) is 6.13. The lowest BCUT2D eigenvalue weighted by molar-refractivity contribution is 0.371. The monoisotopic (exact) mass is 365 g/mol. The molecule has 3 aromatic rings. The highest BCUT2D eigenvalue weighted by molar-refractivity contribution is 5.99. The van der Waals surface area contributed by atoms with Gasteiger partial charge in [0.05, 0.1) is 7.11 Å². The molecule has 3 rings (SSSR count). The molecule has 0 aliphatic heterocycles. The summed E-state index contributed by atoms with van der Waals surface area (Å²) in [5.74, 6) is 3.92. The van der Waals surface area contributed by atoms with E-state index in [0.29, 0.717) is 0 Å². The van der Waals surface area contributed by atoms with Crippen LogP contribution in [0.4, 0.5) is 0 Å². The molecule has 0 aromatic heterocycles. The van der Waals surface area contributed by atoms with Crippen LogP contribution in [0.5, 0.6) is 0 Å². The molecule has 0 saturated heterocycles. The summed E-state index contributed by atoms with van der Waals surface area (Å²) in [6, 6.07) is 30.5. The van der Waals surface area contributed by atoms with Crippen LogP contribution in [0.1, 0.15) is 16.7 Å². The van der Waals surface area contributed by atoms with Crippen LogP contribution in [0.25, 0.3) is 16.9 Å². The summed E-state index contributed by atoms with van der Waals surface area (Å²) in [4.78, 5) is 4.10. The van der Waals surface area contributed by atoms with Gasteiger partial charge in [0.2, 0.25) is 0 Å². The summed E-state index contributed by atoms with van der Waals surface area (Å²) in [6.45, 7) is 0. The minimum atomic E-state index is 0.823. The number of nitrogens with zero attached hydrogens (tertiary/aromatic N) is 1. The topological polar surface area (TPSA) is 21.6 Å². The molecule has 0 spiro atoms. The van der Waals surface area contributed by atoms with Gasteiger partial charge in [-0.3, -0.25) is 0 Å². The van der Waals surface area contributed by atoms with E-state index in [1.54, 1.807) is 14.2 Å². The molecule has 0 radical (unpaired) electrons.